The molecule has 88 valence electrons. The number of hydrogen-bond donors (Lipinski definition) is 0. The number of aromatic nitrogens is 2. The second-order valence-corrected chi connectivity index (χ2v) is 4.32. The number of rotatable bonds is 3. The minimum Gasteiger partial charge on any atom is -0.497 e. The van der Waals surface area contributed by atoms with E-state index in [9.17, 15) is 0 Å². The lowest BCUT2D eigenvalue weighted by atomic mass is 10.3. The fourth-order valence-electron chi connectivity index (χ4n) is 1.18. The molecule has 6 heteroatoms. The molecule has 1 heterocycles. The first kappa shape index (κ1) is 12.1. The Morgan fingerprint density at radius 1 is 1.24 bits per heavy atom. The van der Waals surface area contributed by atoms with Crippen molar-refractivity contribution in [2.75, 3.05) is 7.11 Å². The lowest BCUT2D eigenvalue weighted by molar-refractivity contribution is 0.411. The summed E-state index contributed by atoms with van der Waals surface area (Å²) in [5.74, 6) is 1.75. The van der Waals surface area contributed by atoms with Crippen LogP contribution >= 0.6 is 27.5 Å². The second-order valence-electron chi connectivity index (χ2n) is 3.08. The highest BCUT2D eigenvalue weighted by Gasteiger charge is 2.05. The lowest BCUT2D eigenvalue weighted by Crippen LogP contribution is -1.90. The Hall–Kier alpha value is -1.33. The molecule has 17 heavy (non-hydrogen) atoms. The topological polar surface area (TPSA) is 44.2 Å². The van der Waals surface area contributed by atoms with Crippen molar-refractivity contribution >= 4 is 27.5 Å². The Balaban J connectivity index is 2.24. The molecule has 0 atom stereocenters. The second kappa shape index (κ2) is 5.33. The highest BCUT2D eigenvalue weighted by Crippen LogP contribution is 2.32. The van der Waals surface area contributed by atoms with Crippen LogP contribution in [0.5, 0.6) is 17.4 Å². The predicted octanol–water partition coefficient (Wildman–Crippen LogP) is 3.69. The quantitative estimate of drug-likeness (QED) is 0.810. The number of benzene rings is 1. The van der Waals surface area contributed by atoms with E-state index in [1.807, 2.05) is 0 Å². The molecule has 0 unspecified atom stereocenters. The van der Waals surface area contributed by atoms with Gasteiger partial charge < -0.3 is 9.47 Å². The van der Waals surface area contributed by atoms with Crippen LogP contribution in [-0.4, -0.2) is 17.1 Å². The summed E-state index contributed by atoms with van der Waals surface area (Å²) in [6.45, 7) is 0. The molecule has 4 nitrogen and oxygen atoms in total. The highest BCUT2D eigenvalue weighted by atomic mass is 79.9. The molecule has 2 rings (SSSR count). The van der Waals surface area contributed by atoms with Crippen molar-refractivity contribution in [1.29, 1.82) is 0 Å². The van der Waals surface area contributed by atoms with Crippen LogP contribution < -0.4 is 9.47 Å². The van der Waals surface area contributed by atoms with Crippen LogP contribution in [0.25, 0.3) is 0 Å². The molecule has 0 bridgehead atoms. The normalized spacial score (nSPS) is 10.1. The molecule has 0 aliphatic carbocycles. The SMILES string of the molecule is COc1ccc(Oc2cc(Cl)ncn2)c(Br)c1. The Morgan fingerprint density at radius 2 is 2.06 bits per heavy atom. The van der Waals surface area contributed by atoms with E-state index in [2.05, 4.69) is 25.9 Å². The minimum absolute atomic E-state index is 0.333. The van der Waals surface area contributed by atoms with E-state index in [-0.39, 0.29) is 0 Å². The fraction of sp³-hybridized carbons (Fsp3) is 0.0909. The average molecular weight is 316 g/mol. The van der Waals surface area contributed by atoms with Gasteiger partial charge in [-0.15, -0.1) is 0 Å². The van der Waals surface area contributed by atoms with Crippen molar-refractivity contribution in [3.8, 4) is 17.4 Å². The van der Waals surface area contributed by atoms with E-state index < -0.39 is 0 Å². The van der Waals surface area contributed by atoms with Crippen molar-refractivity contribution in [3.05, 3.63) is 40.2 Å². The summed E-state index contributed by atoms with van der Waals surface area (Å²) in [5, 5.41) is 0.333. The van der Waals surface area contributed by atoms with Crippen LogP contribution in [0.1, 0.15) is 0 Å². The summed E-state index contributed by atoms with van der Waals surface area (Å²) in [4.78, 5) is 7.72. The number of halogens is 2. The maximum Gasteiger partial charge on any atom is 0.223 e. The van der Waals surface area contributed by atoms with Crippen molar-refractivity contribution in [2.24, 2.45) is 0 Å². The Morgan fingerprint density at radius 3 is 2.71 bits per heavy atom. The van der Waals surface area contributed by atoms with Crippen LogP contribution in [0, 0.1) is 0 Å². The van der Waals surface area contributed by atoms with Gasteiger partial charge in [-0.05, 0) is 34.1 Å². The largest absolute Gasteiger partial charge is 0.497 e. The summed E-state index contributed by atoms with van der Waals surface area (Å²) in [6, 6.07) is 6.91. The third-order valence-electron chi connectivity index (χ3n) is 1.96. The van der Waals surface area contributed by atoms with Crippen LogP contribution in [0.2, 0.25) is 5.15 Å². The molecule has 0 N–H and O–H groups in total. The van der Waals surface area contributed by atoms with Gasteiger partial charge in [-0.2, -0.15) is 0 Å². The van der Waals surface area contributed by atoms with Gasteiger partial charge in [0.05, 0.1) is 11.6 Å². The van der Waals surface area contributed by atoms with E-state index in [0.717, 1.165) is 10.2 Å². The number of ether oxygens (including phenoxy) is 2. The zero-order valence-corrected chi connectivity index (χ0v) is 11.2. The first-order chi connectivity index (χ1) is 8.19. The molecular weight excluding hydrogens is 307 g/mol. The smallest absolute Gasteiger partial charge is 0.223 e. The molecule has 0 saturated heterocycles. The Bertz CT molecular complexity index is 537. The van der Waals surface area contributed by atoms with Crippen LogP contribution in [0.4, 0.5) is 0 Å². The molecule has 0 radical (unpaired) electrons. The molecule has 0 aliphatic rings. The zero-order valence-electron chi connectivity index (χ0n) is 8.85. The fourth-order valence-corrected chi connectivity index (χ4v) is 1.75. The van der Waals surface area contributed by atoms with Gasteiger partial charge in [-0.3, -0.25) is 0 Å². The third-order valence-corrected chi connectivity index (χ3v) is 2.79. The van der Waals surface area contributed by atoms with Gasteiger partial charge >= 0.3 is 0 Å². The number of nitrogens with zero attached hydrogens (tertiary/aromatic N) is 2. The maximum atomic E-state index is 5.74. The number of methoxy groups -OCH3 is 1. The Kier molecular flexibility index (Phi) is 3.81. The average Bonchev–Trinajstić information content (AvgIpc) is 2.32. The molecule has 0 aliphatic heterocycles. The number of hydrogen-bond acceptors (Lipinski definition) is 4. The van der Waals surface area contributed by atoms with E-state index in [0.29, 0.717) is 16.8 Å². The molecule has 0 spiro atoms. The van der Waals surface area contributed by atoms with Gasteiger partial charge in [-0.1, -0.05) is 11.6 Å². The zero-order chi connectivity index (χ0) is 12.3. The van der Waals surface area contributed by atoms with Gasteiger partial charge in [-0.25, -0.2) is 9.97 Å². The van der Waals surface area contributed by atoms with Gasteiger partial charge in [0.25, 0.3) is 0 Å². The van der Waals surface area contributed by atoms with Crippen LogP contribution in [0.3, 0.4) is 0 Å². The highest BCUT2D eigenvalue weighted by molar-refractivity contribution is 9.10. The molecule has 1 aromatic carbocycles. The summed E-state index contributed by atoms with van der Waals surface area (Å²) >= 11 is 9.12. The monoisotopic (exact) mass is 314 g/mol. The van der Waals surface area contributed by atoms with Crippen LogP contribution in [0.15, 0.2) is 35.1 Å². The standard InChI is InChI=1S/C11H8BrClN2O2/c1-16-7-2-3-9(8(12)4-7)17-11-5-10(13)14-6-15-11/h2-6H,1H3. The maximum absolute atomic E-state index is 5.74. The summed E-state index contributed by atoms with van der Waals surface area (Å²) in [7, 11) is 1.60. The summed E-state index contributed by atoms with van der Waals surface area (Å²) in [5.41, 5.74) is 0. The molecule has 0 amide bonds. The van der Waals surface area contributed by atoms with E-state index >= 15 is 0 Å². The summed E-state index contributed by atoms with van der Waals surface area (Å²) < 4.78 is 11.4. The van der Waals surface area contributed by atoms with E-state index in [1.54, 1.807) is 25.3 Å². The van der Waals surface area contributed by atoms with Crippen molar-refractivity contribution < 1.29 is 9.47 Å². The molecule has 0 fully saturated rings. The van der Waals surface area contributed by atoms with Crippen LogP contribution in [-0.2, 0) is 0 Å². The van der Waals surface area contributed by atoms with Crippen molar-refractivity contribution in [3.63, 3.8) is 0 Å². The van der Waals surface area contributed by atoms with Crippen molar-refractivity contribution in [1.82, 2.24) is 9.97 Å². The Labute approximate surface area is 112 Å². The third kappa shape index (κ3) is 3.08. The van der Waals surface area contributed by atoms with Gasteiger partial charge in [0, 0.05) is 6.07 Å². The van der Waals surface area contributed by atoms with E-state index in [1.165, 1.54) is 12.4 Å². The molecule has 1 aromatic heterocycles. The first-order valence-corrected chi connectivity index (χ1v) is 5.85. The summed E-state index contributed by atoms with van der Waals surface area (Å²) in [6.07, 6.45) is 1.34. The molecular formula is C11H8BrClN2O2. The molecule has 2 aromatic rings. The lowest BCUT2D eigenvalue weighted by Gasteiger charge is -2.08. The first-order valence-electron chi connectivity index (χ1n) is 4.68. The van der Waals surface area contributed by atoms with Crippen molar-refractivity contribution in [2.45, 2.75) is 0 Å². The minimum atomic E-state index is 0.333. The van der Waals surface area contributed by atoms with Gasteiger partial charge in [0.1, 0.15) is 23.0 Å². The van der Waals surface area contributed by atoms with E-state index in [4.69, 9.17) is 21.1 Å². The van der Waals surface area contributed by atoms with Gasteiger partial charge in [0.15, 0.2) is 0 Å². The predicted molar refractivity (Wildman–Crippen MR) is 67.8 cm³/mol. The van der Waals surface area contributed by atoms with Gasteiger partial charge in [0.2, 0.25) is 5.88 Å². The molecule has 0 saturated carbocycles.